The van der Waals surface area contributed by atoms with Crippen molar-refractivity contribution in [2.75, 3.05) is 22.9 Å². The van der Waals surface area contributed by atoms with Gasteiger partial charge in [0.2, 0.25) is 11.7 Å². The maximum Gasteiger partial charge on any atom is 0.296 e. The summed E-state index contributed by atoms with van der Waals surface area (Å²) in [6, 6.07) is 7.47. The molecule has 1 aliphatic heterocycles. The molecule has 0 aliphatic carbocycles. The maximum atomic E-state index is 13.1. The molecule has 6 heteroatoms. The SMILES string of the molecule is CC(=O)N1C[C@@H](C)CN(C(=O)c2oc(C)nc2C)c2ccccc21. The second kappa shape index (κ2) is 6.11. The fourth-order valence-electron chi connectivity index (χ4n) is 3.14. The largest absolute Gasteiger partial charge is 0.436 e. The Morgan fingerprint density at radius 3 is 2.25 bits per heavy atom. The molecular formula is C18H21N3O3. The molecule has 126 valence electrons. The molecule has 0 N–H and O–H groups in total. The van der Waals surface area contributed by atoms with Gasteiger partial charge in [-0.3, -0.25) is 9.59 Å². The lowest BCUT2D eigenvalue weighted by atomic mass is 10.1. The first-order chi connectivity index (χ1) is 11.4. The van der Waals surface area contributed by atoms with Crippen LogP contribution in [0.1, 0.15) is 36.0 Å². The lowest BCUT2D eigenvalue weighted by Crippen LogP contribution is -2.36. The van der Waals surface area contributed by atoms with Gasteiger partial charge in [-0.15, -0.1) is 0 Å². The van der Waals surface area contributed by atoms with Crippen LogP contribution in [0.2, 0.25) is 0 Å². The molecule has 1 aliphatic rings. The summed E-state index contributed by atoms with van der Waals surface area (Å²) in [6.07, 6.45) is 0. The summed E-state index contributed by atoms with van der Waals surface area (Å²) in [5, 5.41) is 0. The van der Waals surface area contributed by atoms with E-state index >= 15 is 0 Å². The molecule has 0 saturated carbocycles. The standard InChI is InChI=1S/C18H21N3O3/c1-11-9-20(14(4)22)15-7-5-6-8-16(15)21(10-11)18(23)17-12(2)19-13(3)24-17/h5-8,11H,9-10H2,1-4H3/t11-/m1/s1. The lowest BCUT2D eigenvalue weighted by molar-refractivity contribution is -0.116. The maximum absolute atomic E-state index is 13.1. The number of rotatable bonds is 1. The number of anilines is 2. The van der Waals surface area contributed by atoms with Gasteiger partial charge in [-0.2, -0.15) is 0 Å². The van der Waals surface area contributed by atoms with Gasteiger partial charge in [0, 0.05) is 26.9 Å². The molecule has 24 heavy (non-hydrogen) atoms. The molecular weight excluding hydrogens is 306 g/mol. The molecule has 0 radical (unpaired) electrons. The second-order valence-electron chi connectivity index (χ2n) is 6.29. The predicted octanol–water partition coefficient (Wildman–Crippen LogP) is 2.94. The van der Waals surface area contributed by atoms with E-state index in [0.29, 0.717) is 24.7 Å². The summed E-state index contributed by atoms with van der Waals surface area (Å²) in [5.41, 5.74) is 2.04. The van der Waals surface area contributed by atoms with E-state index in [2.05, 4.69) is 4.98 Å². The van der Waals surface area contributed by atoms with E-state index in [-0.39, 0.29) is 23.5 Å². The van der Waals surface area contributed by atoms with Gasteiger partial charge in [0.15, 0.2) is 5.89 Å². The number of hydrogen-bond acceptors (Lipinski definition) is 4. The Morgan fingerprint density at radius 2 is 1.71 bits per heavy atom. The molecule has 0 bridgehead atoms. The molecule has 3 rings (SSSR count). The minimum absolute atomic E-state index is 0.0321. The number of aryl methyl sites for hydroxylation is 2. The molecule has 1 aromatic carbocycles. The first-order valence-electron chi connectivity index (χ1n) is 8.01. The van der Waals surface area contributed by atoms with Crippen LogP contribution in [0, 0.1) is 19.8 Å². The van der Waals surface area contributed by atoms with E-state index in [0.717, 1.165) is 11.4 Å². The predicted molar refractivity (Wildman–Crippen MR) is 91.3 cm³/mol. The first kappa shape index (κ1) is 16.2. The van der Waals surface area contributed by atoms with Crippen molar-refractivity contribution in [3.63, 3.8) is 0 Å². The van der Waals surface area contributed by atoms with Crippen LogP contribution < -0.4 is 9.80 Å². The van der Waals surface area contributed by atoms with Gasteiger partial charge in [0.1, 0.15) is 0 Å². The van der Waals surface area contributed by atoms with E-state index in [9.17, 15) is 9.59 Å². The molecule has 0 unspecified atom stereocenters. The van der Waals surface area contributed by atoms with Crippen molar-refractivity contribution in [2.45, 2.75) is 27.7 Å². The highest BCUT2D eigenvalue weighted by Crippen LogP contribution is 2.34. The highest BCUT2D eigenvalue weighted by molar-refractivity contribution is 6.08. The summed E-state index contributed by atoms with van der Waals surface area (Å²) in [6.45, 7) is 8.15. The summed E-state index contributed by atoms with van der Waals surface area (Å²) in [7, 11) is 0. The number of oxazole rings is 1. The fourth-order valence-corrected chi connectivity index (χ4v) is 3.14. The third-order valence-electron chi connectivity index (χ3n) is 4.17. The van der Waals surface area contributed by atoms with Crippen molar-refractivity contribution in [3.05, 3.63) is 41.6 Å². The third kappa shape index (κ3) is 2.79. The number of fused-ring (bicyclic) bond motifs is 1. The fraction of sp³-hybridized carbons (Fsp3) is 0.389. The molecule has 1 aromatic heterocycles. The van der Waals surface area contributed by atoms with E-state index in [4.69, 9.17) is 4.42 Å². The van der Waals surface area contributed by atoms with E-state index < -0.39 is 0 Å². The molecule has 0 saturated heterocycles. The third-order valence-corrected chi connectivity index (χ3v) is 4.17. The zero-order valence-corrected chi connectivity index (χ0v) is 14.4. The average Bonchev–Trinajstić information content (AvgIpc) is 2.79. The molecule has 0 fully saturated rings. The number of para-hydroxylation sites is 2. The highest BCUT2D eigenvalue weighted by Gasteiger charge is 2.32. The summed E-state index contributed by atoms with van der Waals surface area (Å²) < 4.78 is 5.51. The average molecular weight is 327 g/mol. The van der Waals surface area contributed by atoms with Gasteiger partial charge in [0.25, 0.3) is 5.91 Å². The second-order valence-corrected chi connectivity index (χ2v) is 6.29. The Morgan fingerprint density at radius 1 is 1.12 bits per heavy atom. The Balaban J connectivity index is 2.09. The van der Waals surface area contributed by atoms with E-state index in [1.54, 1.807) is 30.6 Å². The number of aromatic nitrogens is 1. The number of carbonyl (C=O) groups excluding carboxylic acids is 2. The summed E-state index contributed by atoms with van der Waals surface area (Å²) in [5.74, 6) is 0.603. The van der Waals surface area contributed by atoms with Crippen molar-refractivity contribution in [3.8, 4) is 0 Å². The molecule has 6 nitrogen and oxygen atoms in total. The normalized spacial score (nSPS) is 17.4. The minimum Gasteiger partial charge on any atom is -0.436 e. The molecule has 2 aromatic rings. The minimum atomic E-state index is -0.224. The van der Waals surface area contributed by atoms with Gasteiger partial charge in [-0.05, 0) is 25.0 Å². The van der Waals surface area contributed by atoms with Gasteiger partial charge in [-0.1, -0.05) is 19.1 Å². The number of nitrogens with zero attached hydrogens (tertiary/aromatic N) is 3. The molecule has 0 spiro atoms. The van der Waals surface area contributed by atoms with Crippen LogP contribution in [0.5, 0.6) is 0 Å². The van der Waals surface area contributed by atoms with Gasteiger partial charge in [0.05, 0.1) is 17.1 Å². The quantitative estimate of drug-likeness (QED) is 0.807. The van der Waals surface area contributed by atoms with Crippen molar-refractivity contribution in [1.29, 1.82) is 0 Å². The topological polar surface area (TPSA) is 66.7 Å². The van der Waals surface area contributed by atoms with Crippen molar-refractivity contribution >= 4 is 23.2 Å². The molecule has 2 heterocycles. The zero-order valence-electron chi connectivity index (χ0n) is 14.4. The van der Waals surface area contributed by atoms with E-state index in [1.807, 2.05) is 31.2 Å². The Bertz CT molecular complexity index is 797. The number of carbonyl (C=O) groups is 2. The first-order valence-corrected chi connectivity index (χ1v) is 8.01. The molecule has 1 atom stereocenters. The highest BCUT2D eigenvalue weighted by atomic mass is 16.4. The van der Waals surface area contributed by atoms with Crippen LogP contribution in [-0.4, -0.2) is 29.9 Å². The van der Waals surface area contributed by atoms with Gasteiger partial charge >= 0.3 is 0 Å². The Labute approximate surface area is 141 Å². The smallest absolute Gasteiger partial charge is 0.296 e. The van der Waals surface area contributed by atoms with E-state index in [1.165, 1.54) is 0 Å². The number of benzene rings is 1. The summed E-state index contributed by atoms with van der Waals surface area (Å²) in [4.78, 5) is 32.7. The van der Waals surface area contributed by atoms with Gasteiger partial charge in [-0.25, -0.2) is 4.98 Å². The van der Waals surface area contributed by atoms with Gasteiger partial charge < -0.3 is 14.2 Å². The van der Waals surface area contributed by atoms with Crippen LogP contribution >= 0.6 is 0 Å². The van der Waals surface area contributed by atoms with Crippen molar-refractivity contribution in [1.82, 2.24) is 4.98 Å². The number of hydrogen-bond donors (Lipinski definition) is 0. The van der Waals surface area contributed by atoms with Crippen molar-refractivity contribution in [2.24, 2.45) is 5.92 Å². The Hall–Kier alpha value is -2.63. The monoisotopic (exact) mass is 327 g/mol. The zero-order chi connectivity index (χ0) is 17.4. The summed E-state index contributed by atoms with van der Waals surface area (Å²) >= 11 is 0. The number of amides is 2. The molecule has 2 amide bonds. The van der Waals surface area contributed by atoms with Crippen LogP contribution in [0.15, 0.2) is 28.7 Å². The Kier molecular flexibility index (Phi) is 4.13. The van der Waals surface area contributed by atoms with Crippen molar-refractivity contribution < 1.29 is 14.0 Å². The lowest BCUT2D eigenvalue weighted by Gasteiger charge is -2.24. The van der Waals surface area contributed by atoms with Crippen LogP contribution in [0.25, 0.3) is 0 Å². The van der Waals surface area contributed by atoms with Crippen LogP contribution in [0.3, 0.4) is 0 Å². The van der Waals surface area contributed by atoms with Crippen LogP contribution in [-0.2, 0) is 4.79 Å². The van der Waals surface area contributed by atoms with Crippen LogP contribution in [0.4, 0.5) is 11.4 Å².